The van der Waals surface area contributed by atoms with Gasteiger partial charge in [-0.15, -0.1) is 0 Å². The Bertz CT molecular complexity index is 1040. The highest BCUT2D eigenvalue weighted by atomic mass is 16.5. The van der Waals surface area contributed by atoms with E-state index in [9.17, 15) is 19.5 Å². The van der Waals surface area contributed by atoms with E-state index in [4.69, 9.17) is 4.74 Å². The summed E-state index contributed by atoms with van der Waals surface area (Å²) >= 11 is 0. The molecule has 1 fully saturated rings. The Balaban J connectivity index is 1.37. The maximum absolute atomic E-state index is 13.2. The molecule has 2 aromatic rings. The Labute approximate surface area is 200 Å². The van der Waals surface area contributed by atoms with E-state index >= 15 is 0 Å². The van der Waals surface area contributed by atoms with Crippen LogP contribution < -0.4 is 5.32 Å². The van der Waals surface area contributed by atoms with Gasteiger partial charge < -0.3 is 20.1 Å². The van der Waals surface area contributed by atoms with Crippen LogP contribution in [0.15, 0.2) is 48.5 Å². The first-order chi connectivity index (χ1) is 16.4. The molecule has 2 atom stereocenters. The third-order valence-electron chi connectivity index (χ3n) is 7.42. The number of benzene rings is 2. The zero-order chi connectivity index (χ0) is 24.3. The predicted octanol–water partition coefficient (Wildman–Crippen LogP) is 4.41. The van der Waals surface area contributed by atoms with Crippen LogP contribution in [0.25, 0.3) is 11.1 Å². The number of hydrogen-bond acceptors (Lipinski definition) is 4. The second-order valence-electron chi connectivity index (χ2n) is 9.10. The zero-order valence-electron chi connectivity index (χ0n) is 19.8. The van der Waals surface area contributed by atoms with Crippen molar-refractivity contribution < 1.29 is 24.2 Å². The molecule has 0 spiro atoms. The molecule has 2 amide bonds. The molecule has 34 heavy (non-hydrogen) atoms. The van der Waals surface area contributed by atoms with Crippen LogP contribution in [0.1, 0.15) is 56.6 Å². The van der Waals surface area contributed by atoms with Crippen molar-refractivity contribution in [2.75, 3.05) is 19.7 Å². The quantitative estimate of drug-likeness (QED) is 0.603. The van der Waals surface area contributed by atoms with E-state index in [1.165, 1.54) is 4.90 Å². The molecule has 1 aliphatic heterocycles. The van der Waals surface area contributed by atoms with Gasteiger partial charge in [-0.1, -0.05) is 62.4 Å². The summed E-state index contributed by atoms with van der Waals surface area (Å²) in [6.45, 7) is 4.42. The summed E-state index contributed by atoms with van der Waals surface area (Å²) in [5, 5.41) is 12.5. The number of hydrogen-bond donors (Lipinski definition) is 2. The Morgan fingerprint density at radius 3 is 2.26 bits per heavy atom. The summed E-state index contributed by atoms with van der Waals surface area (Å²) < 4.78 is 5.57. The van der Waals surface area contributed by atoms with Gasteiger partial charge >= 0.3 is 12.1 Å². The number of carboxylic acids is 1. The zero-order valence-corrected chi connectivity index (χ0v) is 19.8. The molecule has 2 unspecified atom stereocenters. The first-order valence-corrected chi connectivity index (χ1v) is 12.1. The van der Waals surface area contributed by atoms with E-state index in [-0.39, 0.29) is 25.0 Å². The highest BCUT2D eigenvalue weighted by Gasteiger charge is 2.49. The second kappa shape index (κ2) is 9.87. The Morgan fingerprint density at radius 1 is 1.09 bits per heavy atom. The number of carboxylic acid groups (broad SMARTS) is 1. The molecular formula is C27H32N2O5. The molecule has 1 saturated heterocycles. The minimum absolute atomic E-state index is 0.0351. The molecule has 0 aromatic heterocycles. The van der Waals surface area contributed by atoms with Crippen molar-refractivity contribution in [3.8, 4) is 11.1 Å². The van der Waals surface area contributed by atoms with Gasteiger partial charge in [-0.2, -0.15) is 0 Å². The van der Waals surface area contributed by atoms with Crippen molar-refractivity contribution in [1.29, 1.82) is 0 Å². The lowest BCUT2D eigenvalue weighted by Gasteiger charge is -2.36. The van der Waals surface area contributed by atoms with Crippen molar-refractivity contribution >= 4 is 18.0 Å². The highest BCUT2D eigenvalue weighted by molar-refractivity contribution is 5.89. The summed E-state index contributed by atoms with van der Waals surface area (Å²) in [6.07, 6.45) is 1.42. The first-order valence-electron chi connectivity index (χ1n) is 12.1. The first kappa shape index (κ1) is 23.8. The molecule has 2 aromatic carbocycles. The van der Waals surface area contributed by atoms with E-state index in [2.05, 4.69) is 29.6 Å². The van der Waals surface area contributed by atoms with Crippen LogP contribution in [0.4, 0.5) is 4.79 Å². The molecule has 7 nitrogen and oxygen atoms in total. The number of carbonyl (C=O) groups is 3. The van der Waals surface area contributed by atoms with Gasteiger partial charge in [-0.05, 0) is 47.9 Å². The summed E-state index contributed by atoms with van der Waals surface area (Å²) in [5.41, 5.74) is 3.45. The minimum Gasteiger partial charge on any atom is -0.479 e. The SMILES string of the molecule is CCC(CNC(=O)OCC1c2ccccc2-c2ccccc21)C(=O)N1CCCC1(CC)C(=O)O. The van der Waals surface area contributed by atoms with Crippen LogP contribution in [0.2, 0.25) is 0 Å². The van der Waals surface area contributed by atoms with E-state index in [1.807, 2.05) is 31.2 Å². The maximum Gasteiger partial charge on any atom is 0.407 e. The van der Waals surface area contributed by atoms with Gasteiger partial charge in [-0.3, -0.25) is 4.79 Å². The average Bonchev–Trinajstić information content (AvgIpc) is 3.43. The summed E-state index contributed by atoms with van der Waals surface area (Å²) in [7, 11) is 0. The fraction of sp³-hybridized carbons (Fsp3) is 0.444. The number of aliphatic carboxylic acids is 1. The lowest BCUT2D eigenvalue weighted by Crippen LogP contribution is -2.55. The number of rotatable bonds is 8. The number of ether oxygens (including phenoxy) is 1. The smallest absolute Gasteiger partial charge is 0.407 e. The largest absolute Gasteiger partial charge is 0.479 e. The molecule has 180 valence electrons. The number of likely N-dealkylation sites (tertiary alicyclic amines) is 1. The average molecular weight is 465 g/mol. The Hall–Kier alpha value is -3.35. The maximum atomic E-state index is 13.2. The molecule has 2 N–H and O–H groups in total. The fourth-order valence-electron chi connectivity index (χ4n) is 5.42. The van der Waals surface area contributed by atoms with Crippen LogP contribution in [0.3, 0.4) is 0 Å². The van der Waals surface area contributed by atoms with E-state index in [0.717, 1.165) is 22.3 Å². The summed E-state index contributed by atoms with van der Waals surface area (Å²) in [5.74, 6) is -1.71. The molecule has 0 saturated carbocycles. The number of nitrogens with zero attached hydrogens (tertiary/aromatic N) is 1. The Kier molecular flexibility index (Phi) is 6.91. The van der Waals surface area contributed by atoms with Crippen LogP contribution in [-0.2, 0) is 14.3 Å². The predicted molar refractivity (Wildman–Crippen MR) is 128 cm³/mol. The fourth-order valence-corrected chi connectivity index (χ4v) is 5.42. The third-order valence-corrected chi connectivity index (χ3v) is 7.42. The van der Waals surface area contributed by atoms with Crippen LogP contribution in [0, 0.1) is 5.92 Å². The van der Waals surface area contributed by atoms with Crippen molar-refractivity contribution in [3.63, 3.8) is 0 Å². The Morgan fingerprint density at radius 2 is 1.71 bits per heavy atom. The number of alkyl carbamates (subject to hydrolysis) is 1. The standard InChI is InChI=1S/C27H32N2O5/c1-3-18(24(30)29-15-9-14-27(29,4-2)25(31)32)16-28-26(33)34-17-23-21-12-7-5-10-19(21)20-11-6-8-13-22(20)23/h5-8,10-13,18,23H,3-4,9,14-17H2,1-2H3,(H,28,33)(H,31,32). The molecule has 1 aliphatic carbocycles. The summed E-state index contributed by atoms with van der Waals surface area (Å²) in [6, 6.07) is 16.3. The molecule has 0 bridgehead atoms. The lowest BCUT2D eigenvalue weighted by molar-refractivity contribution is -0.158. The lowest BCUT2D eigenvalue weighted by atomic mass is 9.91. The number of carbonyl (C=O) groups excluding carboxylic acids is 2. The van der Waals surface area contributed by atoms with Gasteiger partial charge in [0.05, 0.1) is 5.92 Å². The van der Waals surface area contributed by atoms with E-state index < -0.39 is 23.5 Å². The number of nitrogens with one attached hydrogen (secondary N) is 1. The topological polar surface area (TPSA) is 95.9 Å². The van der Waals surface area contributed by atoms with Gasteiger partial charge in [0, 0.05) is 19.0 Å². The molecule has 0 radical (unpaired) electrons. The normalized spacial score (nSPS) is 19.9. The van der Waals surface area contributed by atoms with Gasteiger partial charge in [0.2, 0.25) is 5.91 Å². The second-order valence-corrected chi connectivity index (χ2v) is 9.10. The highest BCUT2D eigenvalue weighted by Crippen LogP contribution is 2.44. The van der Waals surface area contributed by atoms with Gasteiger partial charge in [-0.25, -0.2) is 9.59 Å². The molecule has 2 aliphatic rings. The summed E-state index contributed by atoms with van der Waals surface area (Å²) in [4.78, 5) is 39.2. The van der Waals surface area contributed by atoms with E-state index in [1.54, 1.807) is 6.92 Å². The molecule has 1 heterocycles. The number of fused-ring (bicyclic) bond motifs is 3. The van der Waals surface area contributed by atoms with E-state index in [0.29, 0.717) is 32.2 Å². The van der Waals surface area contributed by atoms with Crippen molar-refractivity contribution in [2.45, 2.75) is 51.0 Å². The van der Waals surface area contributed by atoms with Crippen molar-refractivity contribution in [2.24, 2.45) is 5.92 Å². The van der Waals surface area contributed by atoms with Gasteiger partial charge in [0.15, 0.2) is 0 Å². The van der Waals surface area contributed by atoms with Crippen LogP contribution >= 0.6 is 0 Å². The van der Waals surface area contributed by atoms with Crippen molar-refractivity contribution in [1.82, 2.24) is 10.2 Å². The minimum atomic E-state index is -1.14. The number of amides is 2. The van der Waals surface area contributed by atoms with Crippen molar-refractivity contribution in [3.05, 3.63) is 59.7 Å². The van der Waals surface area contributed by atoms with Crippen LogP contribution in [-0.4, -0.2) is 53.2 Å². The monoisotopic (exact) mass is 464 g/mol. The van der Waals surface area contributed by atoms with Gasteiger partial charge in [0.25, 0.3) is 0 Å². The van der Waals surface area contributed by atoms with Gasteiger partial charge in [0.1, 0.15) is 12.1 Å². The molecular weight excluding hydrogens is 432 g/mol. The van der Waals surface area contributed by atoms with Crippen LogP contribution in [0.5, 0.6) is 0 Å². The molecule has 7 heteroatoms. The molecule has 4 rings (SSSR count). The third kappa shape index (κ3) is 4.15.